The van der Waals surface area contributed by atoms with Crippen molar-refractivity contribution in [3.63, 3.8) is 0 Å². The number of benzene rings is 1. The molecule has 0 aliphatic carbocycles. The predicted molar refractivity (Wildman–Crippen MR) is 64.0 cm³/mol. The summed E-state index contributed by atoms with van der Waals surface area (Å²) in [5, 5.41) is 5.30. The van der Waals surface area contributed by atoms with Crippen LogP contribution in [-0.2, 0) is 9.59 Å². The standard InChI is InChI=1S/C12H12N2O3/c1-3-11(15)13-8-4-5-10-9(6-8)14-12(16)7(2)17-10/h3-7H,1H2,2H3,(H,13,15)(H,14,16). The van der Waals surface area contributed by atoms with Crippen LogP contribution < -0.4 is 15.4 Å². The van der Waals surface area contributed by atoms with Crippen molar-refractivity contribution in [2.75, 3.05) is 10.6 Å². The van der Waals surface area contributed by atoms with Crippen LogP contribution >= 0.6 is 0 Å². The number of rotatable bonds is 2. The fourth-order valence-corrected chi connectivity index (χ4v) is 1.48. The summed E-state index contributed by atoms with van der Waals surface area (Å²) in [5.74, 6) is 0.0831. The van der Waals surface area contributed by atoms with Crippen LogP contribution in [0.5, 0.6) is 5.75 Å². The van der Waals surface area contributed by atoms with E-state index < -0.39 is 6.10 Å². The Morgan fingerprint density at radius 2 is 2.35 bits per heavy atom. The van der Waals surface area contributed by atoms with Crippen molar-refractivity contribution in [3.05, 3.63) is 30.9 Å². The van der Waals surface area contributed by atoms with E-state index in [2.05, 4.69) is 17.2 Å². The van der Waals surface area contributed by atoms with E-state index in [0.29, 0.717) is 17.1 Å². The van der Waals surface area contributed by atoms with Crippen LogP contribution in [-0.4, -0.2) is 17.9 Å². The van der Waals surface area contributed by atoms with Crippen molar-refractivity contribution in [2.24, 2.45) is 0 Å². The first-order valence-electron chi connectivity index (χ1n) is 5.15. The average Bonchev–Trinajstić information content (AvgIpc) is 2.31. The van der Waals surface area contributed by atoms with E-state index in [4.69, 9.17) is 4.74 Å². The zero-order chi connectivity index (χ0) is 12.4. The van der Waals surface area contributed by atoms with E-state index in [-0.39, 0.29) is 11.8 Å². The van der Waals surface area contributed by atoms with Gasteiger partial charge in [-0.15, -0.1) is 0 Å². The number of nitrogens with one attached hydrogen (secondary N) is 2. The number of anilines is 2. The Labute approximate surface area is 98.5 Å². The highest BCUT2D eigenvalue weighted by atomic mass is 16.5. The first-order chi connectivity index (χ1) is 8.10. The lowest BCUT2D eigenvalue weighted by Crippen LogP contribution is -2.34. The van der Waals surface area contributed by atoms with Gasteiger partial charge >= 0.3 is 0 Å². The largest absolute Gasteiger partial charge is 0.479 e. The minimum absolute atomic E-state index is 0.204. The maximum atomic E-state index is 11.4. The van der Waals surface area contributed by atoms with Crippen molar-refractivity contribution in [1.29, 1.82) is 0 Å². The molecule has 0 saturated heterocycles. The zero-order valence-electron chi connectivity index (χ0n) is 9.32. The Bertz CT molecular complexity index is 497. The van der Waals surface area contributed by atoms with Gasteiger partial charge < -0.3 is 15.4 Å². The summed E-state index contributed by atoms with van der Waals surface area (Å²) in [7, 11) is 0. The second kappa shape index (κ2) is 4.29. The summed E-state index contributed by atoms with van der Waals surface area (Å²) in [4.78, 5) is 22.5. The van der Waals surface area contributed by atoms with Crippen LogP contribution in [0.15, 0.2) is 30.9 Å². The normalized spacial score (nSPS) is 17.5. The van der Waals surface area contributed by atoms with Gasteiger partial charge in [0.15, 0.2) is 6.10 Å². The molecule has 1 atom stereocenters. The van der Waals surface area contributed by atoms with Gasteiger partial charge in [-0.2, -0.15) is 0 Å². The topological polar surface area (TPSA) is 67.4 Å². The summed E-state index contributed by atoms with van der Waals surface area (Å²) in [6, 6.07) is 5.04. The summed E-state index contributed by atoms with van der Waals surface area (Å²) in [6.45, 7) is 5.03. The molecule has 2 amide bonds. The number of carbonyl (C=O) groups is 2. The van der Waals surface area contributed by atoms with E-state index in [1.165, 1.54) is 6.08 Å². The van der Waals surface area contributed by atoms with E-state index in [1.54, 1.807) is 25.1 Å². The molecule has 2 rings (SSSR count). The molecule has 1 aromatic rings. The third-order valence-electron chi connectivity index (χ3n) is 2.36. The van der Waals surface area contributed by atoms with Gasteiger partial charge in [-0.25, -0.2) is 0 Å². The lowest BCUT2D eigenvalue weighted by molar-refractivity contribution is -0.122. The number of hydrogen-bond donors (Lipinski definition) is 2. The highest BCUT2D eigenvalue weighted by Gasteiger charge is 2.23. The van der Waals surface area contributed by atoms with Gasteiger partial charge in [0.05, 0.1) is 5.69 Å². The van der Waals surface area contributed by atoms with E-state index in [0.717, 1.165) is 0 Å². The fraction of sp³-hybridized carbons (Fsp3) is 0.167. The van der Waals surface area contributed by atoms with E-state index >= 15 is 0 Å². The molecular formula is C12H12N2O3. The smallest absolute Gasteiger partial charge is 0.265 e. The monoisotopic (exact) mass is 232 g/mol. The summed E-state index contributed by atoms with van der Waals surface area (Å²) >= 11 is 0. The predicted octanol–water partition coefficient (Wildman–Crippen LogP) is 1.53. The average molecular weight is 232 g/mol. The summed E-state index contributed by atoms with van der Waals surface area (Å²) < 4.78 is 5.39. The van der Waals surface area contributed by atoms with Gasteiger partial charge in [0.25, 0.3) is 5.91 Å². The van der Waals surface area contributed by atoms with Gasteiger partial charge in [0.1, 0.15) is 5.75 Å². The maximum absolute atomic E-state index is 11.4. The number of fused-ring (bicyclic) bond motifs is 1. The molecule has 1 aromatic carbocycles. The first-order valence-corrected chi connectivity index (χ1v) is 5.15. The molecule has 0 saturated carbocycles. The Morgan fingerprint density at radius 1 is 1.59 bits per heavy atom. The van der Waals surface area contributed by atoms with Crippen LogP contribution in [0.2, 0.25) is 0 Å². The molecule has 17 heavy (non-hydrogen) atoms. The van der Waals surface area contributed by atoms with Crippen LogP contribution in [0.25, 0.3) is 0 Å². The highest BCUT2D eigenvalue weighted by molar-refractivity contribution is 6.01. The minimum atomic E-state index is -0.504. The Balaban J connectivity index is 2.25. The molecule has 1 heterocycles. The van der Waals surface area contributed by atoms with Gasteiger partial charge in [-0.05, 0) is 31.2 Å². The molecule has 88 valence electrons. The second-order valence-electron chi connectivity index (χ2n) is 3.65. The SMILES string of the molecule is C=CC(=O)Nc1ccc2c(c1)NC(=O)C(C)O2. The number of ether oxygens (including phenoxy) is 1. The minimum Gasteiger partial charge on any atom is -0.479 e. The molecule has 2 N–H and O–H groups in total. The molecule has 1 unspecified atom stereocenters. The molecule has 1 aliphatic heterocycles. The Kier molecular flexibility index (Phi) is 2.82. The van der Waals surface area contributed by atoms with Crippen LogP contribution in [0.4, 0.5) is 11.4 Å². The molecule has 0 aromatic heterocycles. The third kappa shape index (κ3) is 2.28. The zero-order valence-corrected chi connectivity index (χ0v) is 9.32. The molecule has 5 nitrogen and oxygen atoms in total. The van der Waals surface area contributed by atoms with Crippen LogP contribution in [0, 0.1) is 0 Å². The molecular weight excluding hydrogens is 220 g/mol. The van der Waals surface area contributed by atoms with Gasteiger partial charge in [0, 0.05) is 5.69 Å². The van der Waals surface area contributed by atoms with Crippen molar-refractivity contribution < 1.29 is 14.3 Å². The maximum Gasteiger partial charge on any atom is 0.265 e. The molecule has 0 spiro atoms. The highest BCUT2D eigenvalue weighted by Crippen LogP contribution is 2.32. The quantitative estimate of drug-likeness (QED) is 0.760. The lowest BCUT2D eigenvalue weighted by atomic mass is 10.2. The lowest BCUT2D eigenvalue weighted by Gasteiger charge is -2.23. The Morgan fingerprint density at radius 3 is 3.06 bits per heavy atom. The van der Waals surface area contributed by atoms with Crippen molar-refractivity contribution >= 4 is 23.2 Å². The number of amides is 2. The fourth-order valence-electron chi connectivity index (χ4n) is 1.48. The van der Waals surface area contributed by atoms with Gasteiger partial charge in [0.2, 0.25) is 5.91 Å². The van der Waals surface area contributed by atoms with Crippen molar-refractivity contribution in [1.82, 2.24) is 0 Å². The van der Waals surface area contributed by atoms with E-state index in [9.17, 15) is 9.59 Å². The summed E-state index contributed by atoms with van der Waals surface area (Å²) in [5.41, 5.74) is 1.13. The van der Waals surface area contributed by atoms with Crippen molar-refractivity contribution in [3.8, 4) is 5.75 Å². The molecule has 0 radical (unpaired) electrons. The van der Waals surface area contributed by atoms with Crippen molar-refractivity contribution in [2.45, 2.75) is 13.0 Å². The molecule has 0 fully saturated rings. The number of carbonyl (C=O) groups excluding carboxylic acids is 2. The van der Waals surface area contributed by atoms with Crippen LogP contribution in [0.3, 0.4) is 0 Å². The Hall–Kier alpha value is -2.30. The first kappa shape index (κ1) is 11.2. The molecule has 1 aliphatic rings. The van der Waals surface area contributed by atoms with Crippen LogP contribution in [0.1, 0.15) is 6.92 Å². The second-order valence-corrected chi connectivity index (χ2v) is 3.65. The van der Waals surface area contributed by atoms with E-state index in [1.807, 2.05) is 0 Å². The molecule has 5 heteroatoms. The third-order valence-corrected chi connectivity index (χ3v) is 2.36. The number of hydrogen-bond acceptors (Lipinski definition) is 3. The molecule has 0 bridgehead atoms. The summed E-state index contributed by atoms with van der Waals surface area (Å²) in [6.07, 6.45) is 0.674. The van der Waals surface area contributed by atoms with Gasteiger partial charge in [-0.1, -0.05) is 6.58 Å². The van der Waals surface area contributed by atoms with Gasteiger partial charge in [-0.3, -0.25) is 9.59 Å².